The molecule has 0 spiro atoms. The van der Waals surface area contributed by atoms with E-state index in [4.69, 9.17) is 4.74 Å². The molecule has 0 saturated carbocycles. The van der Waals surface area contributed by atoms with Gasteiger partial charge >= 0.3 is 5.92 Å². The highest BCUT2D eigenvalue weighted by atomic mass is 19.3. The van der Waals surface area contributed by atoms with Crippen LogP contribution in [0, 0.1) is 0 Å². The topological polar surface area (TPSA) is 46.5 Å². The first kappa shape index (κ1) is 13.4. The molecule has 1 aliphatic rings. The maximum absolute atomic E-state index is 14.1. The number of carbonyl (C=O) groups is 1. The van der Waals surface area contributed by atoms with Crippen LogP contribution < -0.4 is 4.74 Å². The molecule has 2 rings (SSSR count). The molecule has 0 aromatic heterocycles. The van der Waals surface area contributed by atoms with E-state index in [-0.39, 0.29) is 17.6 Å². The van der Waals surface area contributed by atoms with E-state index in [9.17, 15) is 18.7 Å². The van der Waals surface area contributed by atoms with Gasteiger partial charge in [-0.3, -0.25) is 4.79 Å². The van der Waals surface area contributed by atoms with Crippen molar-refractivity contribution in [2.75, 3.05) is 7.11 Å². The number of halogens is 2. The molecule has 0 fully saturated rings. The molecule has 1 aromatic carbocycles. The summed E-state index contributed by atoms with van der Waals surface area (Å²) in [6, 6.07) is 5.84. The standard InChI is InChI=1S/C14H12F2O3/c1-19-12-7-3-2-6-11(12)14(18)10(9-17)5-4-8-13(14,15)16/h2-9,18H,1H3. The van der Waals surface area contributed by atoms with Crippen LogP contribution in [0.15, 0.2) is 48.1 Å². The molecule has 3 nitrogen and oxygen atoms in total. The molecule has 1 unspecified atom stereocenters. The minimum absolute atomic E-state index is 0.0905. The fourth-order valence-electron chi connectivity index (χ4n) is 2.11. The van der Waals surface area contributed by atoms with E-state index in [1.807, 2.05) is 0 Å². The Kier molecular flexibility index (Phi) is 3.24. The van der Waals surface area contributed by atoms with E-state index in [0.717, 1.165) is 12.2 Å². The fraction of sp³-hybridized carbons (Fsp3) is 0.214. The smallest absolute Gasteiger partial charge is 0.303 e. The lowest BCUT2D eigenvalue weighted by Crippen LogP contribution is -2.47. The van der Waals surface area contributed by atoms with Crippen LogP contribution in [0.25, 0.3) is 0 Å². The van der Waals surface area contributed by atoms with Crippen molar-refractivity contribution in [1.29, 1.82) is 0 Å². The number of ether oxygens (including phenoxy) is 1. The first-order valence-electron chi connectivity index (χ1n) is 5.56. The highest BCUT2D eigenvalue weighted by molar-refractivity contribution is 5.80. The predicted octanol–water partition coefficient (Wildman–Crippen LogP) is 2.21. The average molecular weight is 266 g/mol. The molecule has 19 heavy (non-hydrogen) atoms. The van der Waals surface area contributed by atoms with Crippen LogP contribution in [-0.4, -0.2) is 24.4 Å². The first-order valence-corrected chi connectivity index (χ1v) is 5.56. The second kappa shape index (κ2) is 4.59. The Hall–Kier alpha value is -2.01. The van der Waals surface area contributed by atoms with E-state index >= 15 is 0 Å². The molecule has 0 aliphatic heterocycles. The molecule has 0 radical (unpaired) electrons. The van der Waals surface area contributed by atoms with Crippen LogP contribution in [0.2, 0.25) is 0 Å². The van der Waals surface area contributed by atoms with Crippen molar-refractivity contribution in [2.45, 2.75) is 11.5 Å². The fourth-order valence-corrected chi connectivity index (χ4v) is 2.11. The van der Waals surface area contributed by atoms with Gasteiger partial charge in [0.2, 0.25) is 0 Å². The van der Waals surface area contributed by atoms with Crippen molar-refractivity contribution in [2.24, 2.45) is 0 Å². The maximum atomic E-state index is 14.1. The second-order valence-corrected chi connectivity index (χ2v) is 4.13. The van der Waals surface area contributed by atoms with E-state index in [2.05, 4.69) is 0 Å². The van der Waals surface area contributed by atoms with Gasteiger partial charge in [0.25, 0.3) is 0 Å². The van der Waals surface area contributed by atoms with Crippen molar-refractivity contribution in [3.8, 4) is 5.75 Å². The van der Waals surface area contributed by atoms with Crippen LogP contribution in [0.4, 0.5) is 8.78 Å². The Balaban J connectivity index is 2.71. The first-order chi connectivity index (χ1) is 8.97. The lowest BCUT2D eigenvalue weighted by Gasteiger charge is -2.37. The van der Waals surface area contributed by atoms with Gasteiger partial charge in [-0.15, -0.1) is 0 Å². The summed E-state index contributed by atoms with van der Waals surface area (Å²) >= 11 is 0. The maximum Gasteiger partial charge on any atom is 0.303 e. The normalized spacial score (nSPS) is 24.7. The number of rotatable bonds is 3. The summed E-state index contributed by atoms with van der Waals surface area (Å²) in [5, 5.41) is 10.5. The molecule has 1 aromatic rings. The van der Waals surface area contributed by atoms with Gasteiger partial charge in [0.15, 0.2) is 5.60 Å². The molecule has 0 saturated heterocycles. The number of benzene rings is 1. The molecular weight excluding hydrogens is 254 g/mol. The Labute approximate surface area is 108 Å². The van der Waals surface area contributed by atoms with Gasteiger partial charge in [-0.2, -0.15) is 8.78 Å². The molecule has 5 heteroatoms. The van der Waals surface area contributed by atoms with Crippen molar-refractivity contribution in [1.82, 2.24) is 0 Å². The Morgan fingerprint density at radius 1 is 1.32 bits per heavy atom. The number of allylic oxidation sites excluding steroid dienone is 2. The summed E-state index contributed by atoms with van der Waals surface area (Å²) in [5.74, 6) is -3.51. The van der Waals surface area contributed by atoms with Gasteiger partial charge in [0, 0.05) is 11.1 Å². The molecular formula is C14H12F2O3. The summed E-state index contributed by atoms with van der Waals surface area (Å²) in [6.07, 6.45) is 3.00. The van der Waals surface area contributed by atoms with Crippen molar-refractivity contribution in [3.63, 3.8) is 0 Å². The van der Waals surface area contributed by atoms with Crippen LogP contribution >= 0.6 is 0 Å². The molecule has 1 N–H and O–H groups in total. The van der Waals surface area contributed by atoms with Crippen LogP contribution in [-0.2, 0) is 10.4 Å². The van der Waals surface area contributed by atoms with Crippen LogP contribution in [0.1, 0.15) is 5.56 Å². The lowest BCUT2D eigenvalue weighted by atomic mass is 9.78. The third-order valence-electron chi connectivity index (χ3n) is 3.11. The van der Waals surface area contributed by atoms with Crippen molar-refractivity contribution in [3.05, 3.63) is 53.6 Å². The van der Waals surface area contributed by atoms with Gasteiger partial charge in [-0.25, -0.2) is 0 Å². The largest absolute Gasteiger partial charge is 0.496 e. The predicted molar refractivity (Wildman–Crippen MR) is 65.1 cm³/mol. The monoisotopic (exact) mass is 266 g/mol. The minimum atomic E-state index is -3.60. The highest BCUT2D eigenvalue weighted by Gasteiger charge is 2.56. The molecule has 0 heterocycles. The van der Waals surface area contributed by atoms with Crippen LogP contribution in [0.5, 0.6) is 5.75 Å². The zero-order valence-electron chi connectivity index (χ0n) is 10.1. The number of aldehydes is 1. The van der Waals surface area contributed by atoms with Gasteiger partial charge in [0.1, 0.15) is 12.0 Å². The Morgan fingerprint density at radius 3 is 2.63 bits per heavy atom. The summed E-state index contributed by atoms with van der Waals surface area (Å²) in [7, 11) is 1.31. The highest BCUT2D eigenvalue weighted by Crippen LogP contribution is 2.48. The zero-order chi connectivity index (χ0) is 14.1. The molecule has 1 atom stereocenters. The molecule has 0 bridgehead atoms. The van der Waals surface area contributed by atoms with Gasteiger partial charge in [0.05, 0.1) is 7.11 Å². The zero-order valence-corrected chi connectivity index (χ0v) is 10.1. The number of hydrogen-bond donors (Lipinski definition) is 1. The molecule has 0 amide bonds. The number of alkyl halides is 2. The van der Waals surface area contributed by atoms with E-state index in [1.165, 1.54) is 25.3 Å². The number of methoxy groups -OCH3 is 1. The minimum Gasteiger partial charge on any atom is -0.496 e. The van der Waals surface area contributed by atoms with E-state index in [0.29, 0.717) is 6.08 Å². The summed E-state index contributed by atoms with van der Waals surface area (Å²) in [4.78, 5) is 11.0. The quantitative estimate of drug-likeness (QED) is 0.853. The summed E-state index contributed by atoms with van der Waals surface area (Å²) in [5.41, 5.74) is -3.29. The van der Waals surface area contributed by atoms with E-state index in [1.54, 1.807) is 6.07 Å². The third kappa shape index (κ3) is 1.86. The molecule has 1 aliphatic carbocycles. The molecule has 100 valence electrons. The Bertz CT molecular complexity index is 564. The third-order valence-corrected chi connectivity index (χ3v) is 3.11. The average Bonchev–Trinajstić information content (AvgIpc) is 2.41. The van der Waals surface area contributed by atoms with Crippen molar-refractivity contribution >= 4 is 6.29 Å². The second-order valence-electron chi connectivity index (χ2n) is 4.13. The van der Waals surface area contributed by atoms with Gasteiger partial charge in [-0.05, 0) is 12.1 Å². The van der Waals surface area contributed by atoms with E-state index < -0.39 is 17.1 Å². The number of para-hydroxylation sites is 1. The van der Waals surface area contributed by atoms with Crippen LogP contribution in [0.3, 0.4) is 0 Å². The number of aliphatic hydroxyl groups is 1. The number of carbonyl (C=O) groups excluding carboxylic acids is 1. The summed E-state index contributed by atoms with van der Waals surface area (Å²) < 4.78 is 33.2. The van der Waals surface area contributed by atoms with Crippen molar-refractivity contribution < 1.29 is 23.4 Å². The summed E-state index contributed by atoms with van der Waals surface area (Å²) in [6.45, 7) is 0. The number of hydrogen-bond acceptors (Lipinski definition) is 3. The van der Waals surface area contributed by atoms with Gasteiger partial charge in [-0.1, -0.05) is 30.4 Å². The Morgan fingerprint density at radius 2 is 2.00 bits per heavy atom. The van der Waals surface area contributed by atoms with Gasteiger partial charge < -0.3 is 9.84 Å². The SMILES string of the molecule is COc1ccccc1C1(O)C(C=O)=CC=CC1(F)F. The lowest BCUT2D eigenvalue weighted by molar-refractivity contribution is -0.140.